The molecule has 16 heavy (non-hydrogen) atoms. The predicted octanol–water partition coefficient (Wildman–Crippen LogP) is 4.15. The standard InChI is InChI=1S/C14H20ClO/c1-5-13(16-4)14(2,3)10-11-7-6-8-12(15)9-11/h6-9,13H,1,5,10H2,2-4H3. The summed E-state index contributed by atoms with van der Waals surface area (Å²) in [6.45, 7) is 8.33. The molecule has 89 valence electrons. The molecule has 0 amide bonds. The minimum Gasteiger partial charge on any atom is -0.381 e. The lowest BCUT2D eigenvalue weighted by Crippen LogP contribution is -2.32. The van der Waals surface area contributed by atoms with Gasteiger partial charge in [0.05, 0.1) is 6.10 Å². The van der Waals surface area contributed by atoms with E-state index in [0.29, 0.717) is 0 Å². The zero-order valence-corrected chi connectivity index (χ0v) is 11.1. The van der Waals surface area contributed by atoms with Gasteiger partial charge in [0.1, 0.15) is 0 Å². The van der Waals surface area contributed by atoms with Crippen LogP contribution in [0, 0.1) is 12.3 Å². The van der Waals surface area contributed by atoms with Crippen molar-refractivity contribution < 1.29 is 4.74 Å². The highest BCUT2D eigenvalue weighted by molar-refractivity contribution is 6.30. The van der Waals surface area contributed by atoms with Gasteiger partial charge in [-0.3, -0.25) is 0 Å². The summed E-state index contributed by atoms with van der Waals surface area (Å²) in [5, 5.41) is 0.789. The molecule has 0 aliphatic heterocycles. The average Bonchev–Trinajstić information content (AvgIpc) is 2.18. The van der Waals surface area contributed by atoms with E-state index in [1.807, 2.05) is 18.2 Å². The Hall–Kier alpha value is -0.530. The van der Waals surface area contributed by atoms with Crippen molar-refractivity contribution in [2.45, 2.75) is 32.8 Å². The lowest BCUT2D eigenvalue weighted by Gasteiger charge is -2.32. The van der Waals surface area contributed by atoms with E-state index in [4.69, 9.17) is 16.3 Å². The maximum atomic E-state index is 5.98. The fourth-order valence-electron chi connectivity index (χ4n) is 2.11. The van der Waals surface area contributed by atoms with Gasteiger partial charge in [0.25, 0.3) is 0 Å². The molecule has 0 bridgehead atoms. The second-order valence-corrected chi connectivity index (χ2v) is 5.24. The summed E-state index contributed by atoms with van der Waals surface area (Å²) in [7, 11) is 1.75. The summed E-state index contributed by atoms with van der Waals surface area (Å²) in [5.41, 5.74) is 1.31. The van der Waals surface area contributed by atoms with Gasteiger partial charge in [-0.15, -0.1) is 0 Å². The molecule has 0 aliphatic rings. The lowest BCUT2D eigenvalue weighted by molar-refractivity contribution is 0.00891. The number of hydrogen-bond donors (Lipinski definition) is 0. The van der Waals surface area contributed by atoms with E-state index in [1.165, 1.54) is 5.56 Å². The van der Waals surface area contributed by atoms with Crippen LogP contribution in [-0.2, 0) is 11.2 Å². The maximum Gasteiger partial charge on any atom is 0.0625 e. The van der Waals surface area contributed by atoms with E-state index in [0.717, 1.165) is 17.9 Å². The van der Waals surface area contributed by atoms with E-state index < -0.39 is 0 Å². The Morgan fingerprint density at radius 3 is 2.62 bits per heavy atom. The highest BCUT2D eigenvalue weighted by Crippen LogP contribution is 2.30. The van der Waals surface area contributed by atoms with E-state index in [-0.39, 0.29) is 11.5 Å². The lowest BCUT2D eigenvalue weighted by atomic mass is 9.79. The van der Waals surface area contributed by atoms with Crippen LogP contribution in [0.2, 0.25) is 5.02 Å². The molecule has 0 saturated heterocycles. The second kappa shape index (κ2) is 5.70. The summed E-state index contributed by atoms with van der Waals surface area (Å²) >= 11 is 5.98. The van der Waals surface area contributed by atoms with E-state index in [1.54, 1.807) is 7.11 Å². The first-order chi connectivity index (χ1) is 7.49. The van der Waals surface area contributed by atoms with Crippen molar-refractivity contribution in [3.05, 3.63) is 41.8 Å². The van der Waals surface area contributed by atoms with E-state index >= 15 is 0 Å². The number of benzene rings is 1. The molecular formula is C14H20ClO. The van der Waals surface area contributed by atoms with Crippen LogP contribution in [-0.4, -0.2) is 13.2 Å². The van der Waals surface area contributed by atoms with Crippen molar-refractivity contribution in [1.29, 1.82) is 0 Å². The van der Waals surface area contributed by atoms with E-state index in [2.05, 4.69) is 26.8 Å². The van der Waals surface area contributed by atoms with Crippen LogP contribution in [0.15, 0.2) is 24.3 Å². The summed E-state index contributed by atoms with van der Waals surface area (Å²) in [4.78, 5) is 0. The molecule has 0 saturated carbocycles. The van der Waals surface area contributed by atoms with Gasteiger partial charge < -0.3 is 4.74 Å². The van der Waals surface area contributed by atoms with Gasteiger partial charge in [0.15, 0.2) is 0 Å². The van der Waals surface area contributed by atoms with E-state index in [9.17, 15) is 0 Å². The molecule has 0 aliphatic carbocycles. The van der Waals surface area contributed by atoms with Crippen LogP contribution in [0.3, 0.4) is 0 Å². The first-order valence-electron chi connectivity index (χ1n) is 5.56. The molecule has 1 unspecified atom stereocenters. The second-order valence-electron chi connectivity index (χ2n) is 4.81. The molecule has 1 radical (unpaired) electrons. The Morgan fingerprint density at radius 2 is 2.12 bits per heavy atom. The quantitative estimate of drug-likeness (QED) is 0.750. The van der Waals surface area contributed by atoms with Gasteiger partial charge in [-0.2, -0.15) is 0 Å². The molecule has 1 atom stereocenters. The molecule has 1 nitrogen and oxygen atoms in total. The largest absolute Gasteiger partial charge is 0.381 e. The molecule has 0 N–H and O–H groups in total. The molecule has 1 rings (SSSR count). The molecule has 1 aromatic rings. The number of hydrogen-bond acceptors (Lipinski definition) is 1. The zero-order chi connectivity index (χ0) is 12.2. The number of rotatable bonds is 5. The Morgan fingerprint density at radius 1 is 1.44 bits per heavy atom. The first-order valence-corrected chi connectivity index (χ1v) is 5.94. The van der Waals surface area contributed by atoms with Crippen molar-refractivity contribution in [3.63, 3.8) is 0 Å². The minimum atomic E-state index is 0.0706. The van der Waals surface area contributed by atoms with Gasteiger partial charge >= 0.3 is 0 Å². The van der Waals surface area contributed by atoms with Crippen LogP contribution < -0.4 is 0 Å². The van der Waals surface area contributed by atoms with Crippen molar-refractivity contribution >= 4 is 11.6 Å². The van der Waals surface area contributed by atoms with Gasteiger partial charge in [-0.25, -0.2) is 0 Å². The molecule has 2 heteroatoms. The van der Waals surface area contributed by atoms with Crippen LogP contribution in [0.4, 0.5) is 0 Å². The SMILES string of the molecule is [CH2]CC(OC)C(C)(C)Cc1cccc(Cl)c1. The fourth-order valence-corrected chi connectivity index (χ4v) is 2.33. The van der Waals surface area contributed by atoms with Gasteiger partial charge in [0.2, 0.25) is 0 Å². The number of ether oxygens (including phenoxy) is 1. The molecule has 1 aromatic carbocycles. The fraction of sp³-hybridized carbons (Fsp3) is 0.500. The topological polar surface area (TPSA) is 9.23 Å². The third-order valence-electron chi connectivity index (χ3n) is 2.97. The highest BCUT2D eigenvalue weighted by atomic mass is 35.5. The van der Waals surface area contributed by atoms with Gasteiger partial charge in [-0.1, -0.05) is 44.5 Å². The normalized spacial score (nSPS) is 13.8. The Labute approximate surface area is 104 Å². The van der Waals surface area contributed by atoms with Crippen molar-refractivity contribution in [3.8, 4) is 0 Å². The third-order valence-corrected chi connectivity index (χ3v) is 3.20. The summed E-state index contributed by atoms with van der Waals surface area (Å²) in [6, 6.07) is 8.00. The van der Waals surface area contributed by atoms with Gasteiger partial charge in [0, 0.05) is 12.1 Å². The first kappa shape index (κ1) is 13.5. The van der Waals surface area contributed by atoms with Crippen LogP contribution in [0.1, 0.15) is 25.8 Å². The molecule has 0 heterocycles. The Kier molecular flexibility index (Phi) is 4.82. The van der Waals surface area contributed by atoms with Crippen molar-refractivity contribution in [2.75, 3.05) is 7.11 Å². The smallest absolute Gasteiger partial charge is 0.0625 e. The molecule has 0 aromatic heterocycles. The van der Waals surface area contributed by atoms with Crippen molar-refractivity contribution in [1.82, 2.24) is 0 Å². The zero-order valence-electron chi connectivity index (χ0n) is 10.3. The summed E-state index contributed by atoms with van der Waals surface area (Å²) < 4.78 is 5.47. The number of methoxy groups -OCH3 is 1. The highest BCUT2D eigenvalue weighted by Gasteiger charge is 2.28. The van der Waals surface area contributed by atoms with Crippen LogP contribution in [0.25, 0.3) is 0 Å². The average molecular weight is 240 g/mol. The van der Waals surface area contributed by atoms with Crippen LogP contribution in [0.5, 0.6) is 0 Å². The molecule has 0 fully saturated rings. The Bertz CT molecular complexity index is 329. The maximum absolute atomic E-state index is 5.98. The van der Waals surface area contributed by atoms with Crippen molar-refractivity contribution in [2.24, 2.45) is 5.41 Å². The third kappa shape index (κ3) is 3.50. The Balaban J connectivity index is 2.79. The molecular weight excluding hydrogens is 220 g/mol. The summed E-state index contributed by atoms with van der Waals surface area (Å²) in [6.07, 6.45) is 1.90. The number of halogens is 1. The molecule has 0 spiro atoms. The summed E-state index contributed by atoms with van der Waals surface area (Å²) in [5.74, 6) is 0. The van der Waals surface area contributed by atoms with Crippen LogP contribution >= 0.6 is 11.6 Å². The predicted molar refractivity (Wildman–Crippen MR) is 69.7 cm³/mol. The minimum absolute atomic E-state index is 0.0706. The van der Waals surface area contributed by atoms with Gasteiger partial charge in [-0.05, 0) is 36.0 Å². The monoisotopic (exact) mass is 239 g/mol.